The van der Waals surface area contributed by atoms with E-state index in [0.717, 1.165) is 5.56 Å². The summed E-state index contributed by atoms with van der Waals surface area (Å²) < 4.78 is 18.6. The van der Waals surface area contributed by atoms with Gasteiger partial charge in [-0.25, -0.2) is 9.37 Å². The second-order valence-electron chi connectivity index (χ2n) is 6.18. The molecule has 3 rings (SSSR count). The van der Waals surface area contributed by atoms with Crippen LogP contribution in [-0.4, -0.2) is 34.8 Å². The molecule has 0 bridgehead atoms. The number of piperidine rings is 1. The zero-order chi connectivity index (χ0) is 17.8. The number of carbonyl (C=O) groups excluding carboxylic acids is 2. The van der Waals surface area contributed by atoms with Crippen LogP contribution in [0.25, 0.3) is 11.3 Å². The molecular formula is C18H20FN3O3. The van der Waals surface area contributed by atoms with Crippen molar-refractivity contribution in [1.29, 1.82) is 0 Å². The third-order valence-electron chi connectivity index (χ3n) is 4.49. The summed E-state index contributed by atoms with van der Waals surface area (Å²) >= 11 is 0. The Morgan fingerprint density at radius 2 is 1.92 bits per heavy atom. The van der Waals surface area contributed by atoms with Crippen LogP contribution in [0.5, 0.6) is 0 Å². The van der Waals surface area contributed by atoms with Gasteiger partial charge in [-0.3, -0.25) is 9.59 Å². The number of nitrogens with zero attached hydrogens (tertiary/aromatic N) is 2. The Bertz CT molecular complexity index is 749. The molecule has 1 saturated heterocycles. The summed E-state index contributed by atoms with van der Waals surface area (Å²) in [7, 11) is 0. The van der Waals surface area contributed by atoms with E-state index < -0.39 is 0 Å². The van der Waals surface area contributed by atoms with Gasteiger partial charge in [0.05, 0.1) is 6.20 Å². The fourth-order valence-corrected chi connectivity index (χ4v) is 2.96. The largest absolute Gasteiger partial charge is 0.441 e. The van der Waals surface area contributed by atoms with E-state index in [1.54, 1.807) is 23.2 Å². The number of primary amides is 1. The second-order valence-corrected chi connectivity index (χ2v) is 6.18. The van der Waals surface area contributed by atoms with Gasteiger partial charge < -0.3 is 15.1 Å². The number of nitrogens with two attached hydrogens (primary N) is 1. The van der Waals surface area contributed by atoms with Crippen LogP contribution in [0.4, 0.5) is 4.39 Å². The Hall–Kier alpha value is -2.70. The number of hydrogen-bond acceptors (Lipinski definition) is 4. The highest BCUT2D eigenvalue weighted by molar-refractivity contribution is 5.79. The van der Waals surface area contributed by atoms with Crippen LogP contribution in [0.2, 0.25) is 0 Å². The lowest BCUT2D eigenvalue weighted by Crippen LogP contribution is -2.41. The third kappa shape index (κ3) is 4.23. The van der Waals surface area contributed by atoms with Gasteiger partial charge in [0.1, 0.15) is 5.82 Å². The summed E-state index contributed by atoms with van der Waals surface area (Å²) in [5, 5.41) is 0. The number of oxazole rings is 1. The minimum atomic E-state index is -0.311. The van der Waals surface area contributed by atoms with E-state index >= 15 is 0 Å². The first-order valence-electron chi connectivity index (χ1n) is 8.30. The summed E-state index contributed by atoms with van der Waals surface area (Å²) in [6.45, 7) is 1.11. The van der Waals surface area contributed by atoms with Gasteiger partial charge in [0.15, 0.2) is 11.7 Å². The van der Waals surface area contributed by atoms with E-state index in [9.17, 15) is 14.0 Å². The molecule has 1 aromatic carbocycles. The van der Waals surface area contributed by atoms with Crippen molar-refractivity contribution in [3.05, 3.63) is 42.2 Å². The van der Waals surface area contributed by atoms with Crippen molar-refractivity contribution in [1.82, 2.24) is 9.88 Å². The standard InChI is InChI=1S/C18H20FN3O3/c19-14-3-1-12(2-4-14)15-11-21-16(25-15)5-6-17(23)22-9-7-13(8-10-22)18(20)24/h1-4,11,13H,5-10H2,(H2,20,24). The van der Waals surface area contributed by atoms with E-state index in [4.69, 9.17) is 10.2 Å². The molecule has 0 aliphatic carbocycles. The maximum Gasteiger partial charge on any atom is 0.223 e. The molecule has 2 heterocycles. The zero-order valence-corrected chi connectivity index (χ0v) is 13.8. The van der Waals surface area contributed by atoms with E-state index in [1.807, 2.05) is 0 Å². The minimum absolute atomic E-state index is 0.0180. The van der Waals surface area contributed by atoms with Crippen LogP contribution in [0.15, 0.2) is 34.9 Å². The maximum absolute atomic E-state index is 12.9. The molecule has 2 N–H and O–H groups in total. The van der Waals surface area contributed by atoms with Crippen LogP contribution in [-0.2, 0) is 16.0 Å². The lowest BCUT2D eigenvalue weighted by Gasteiger charge is -2.30. The van der Waals surface area contributed by atoms with Crippen molar-refractivity contribution in [3.8, 4) is 11.3 Å². The van der Waals surface area contributed by atoms with Gasteiger partial charge in [-0.05, 0) is 37.1 Å². The summed E-state index contributed by atoms with van der Waals surface area (Å²) in [5.74, 6) is 0.303. The lowest BCUT2D eigenvalue weighted by atomic mass is 9.96. The molecule has 25 heavy (non-hydrogen) atoms. The number of rotatable bonds is 5. The first-order valence-corrected chi connectivity index (χ1v) is 8.30. The summed E-state index contributed by atoms with van der Waals surface area (Å²) in [5.41, 5.74) is 6.03. The molecule has 0 unspecified atom stereocenters. The molecule has 1 aliphatic rings. The maximum atomic E-state index is 12.9. The number of amides is 2. The molecule has 2 aromatic rings. The second kappa shape index (κ2) is 7.46. The van der Waals surface area contributed by atoms with E-state index in [-0.39, 0.29) is 23.5 Å². The van der Waals surface area contributed by atoms with Crippen LogP contribution < -0.4 is 5.73 Å². The first-order chi connectivity index (χ1) is 12.0. The third-order valence-corrected chi connectivity index (χ3v) is 4.49. The molecule has 1 aromatic heterocycles. The normalized spacial score (nSPS) is 15.3. The molecule has 0 saturated carbocycles. The Morgan fingerprint density at radius 3 is 2.56 bits per heavy atom. The van der Waals surface area contributed by atoms with Crippen molar-refractivity contribution in [2.45, 2.75) is 25.7 Å². The highest BCUT2D eigenvalue weighted by Gasteiger charge is 2.25. The topological polar surface area (TPSA) is 89.4 Å². The Morgan fingerprint density at radius 1 is 1.24 bits per heavy atom. The van der Waals surface area contributed by atoms with Crippen LogP contribution in [0.3, 0.4) is 0 Å². The summed E-state index contributed by atoms with van der Waals surface area (Å²) in [4.78, 5) is 29.3. The number of benzene rings is 1. The smallest absolute Gasteiger partial charge is 0.223 e. The van der Waals surface area contributed by atoms with Crippen molar-refractivity contribution < 1.29 is 18.4 Å². The molecule has 1 aliphatic heterocycles. The number of carbonyl (C=O) groups is 2. The van der Waals surface area contributed by atoms with Crippen molar-refractivity contribution in [2.24, 2.45) is 11.7 Å². The number of likely N-dealkylation sites (tertiary alicyclic amines) is 1. The quantitative estimate of drug-likeness (QED) is 0.899. The fraction of sp³-hybridized carbons (Fsp3) is 0.389. The summed E-state index contributed by atoms with van der Waals surface area (Å²) in [6, 6.07) is 5.95. The van der Waals surface area contributed by atoms with Crippen molar-refractivity contribution in [2.75, 3.05) is 13.1 Å². The molecule has 0 spiro atoms. The van der Waals surface area contributed by atoms with Gasteiger partial charge in [-0.15, -0.1) is 0 Å². The van der Waals surface area contributed by atoms with Gasteiger partial charge in [0.2, 0.25) is 11.8 Å². The van der Waals surface area contributed by atoms with Crippen molar-refractivity contribution in [3.63, 3.8) is 0 Å². The molecule has 0 radical (unpaired) electrons. The molecule has 132 valence electrons. The van der Waals surface area contributed by atoms with Crippen LogP contribution >= 0.6 is 0 Å². The van der Waals surface area contributed by atoms with E-state index in [1.165, 1.54) is 12.1 Å². The molecule has 2 amide bonds. The van der Waals surface area contributed by atoms with Gasteiger partial charge in [-0.2, -0.15) is 0 Å². The molecule has 7 heteroatoms. The predicted octanol–water partition coefficient (Wildman–Crippen LogP) is 2.14. The number of hydrogen-bond donors (Lipinski definition) is 1. The number of halogens is 1. The SMILES string of the molecule is NC(=O)C1CCN(C(=O)CCc2ncc(-c3ccc(F)cc3)o2)CC1. The Labute approximate surface area is 144 Å². The van der Waals surface area contributed by atoms with Crippen LogP contribution in [0, 0.1) is 11.7 Å². The van der Waals surface area contributed by atoms with E-state index in [0.29, 0.717) is 50.4 Å². The first kappa shape index (κ1) is 17.1. The van der Waals surface area contributed by atoms with Gasteiger partial charge in [-0.1, -0.05) is 0 Å². The molecular weight excluding hydrogens is 325 g/mol. The molecule has 6 nitrogen and oxygen atoms in total. The van der Waals surface area contributed by atoms with Gasteiger partial charge >= 0.3 is 0 Å². The highest BCUT2D eigenvalue weighted by atomic mass is 19.1. The Balaban J connectivity index is 1.51. The van der Waals surface area contributed by atoms with Crippen molar-refractivity contribution >= 4 is 11.8 Å². The predicted molar refractivity (Wildman–Crippen MR) is 88.7 cm³/mol. The Kier molecular flexibility index (Phi) is 5.11. The van der Waals surface area contributed by atoms with E-state index in [2.05, 4.69) is 4.98 Å². The number of aryl methyl sites for hydroxylation is 1. The van der Waals surface area contributed by atoms with Gasteiger partial charge in [0, 0.05) is 37.4 Å². The monoisotopic (exact) mass is 345 g/mol. The highest BCUT2D eigenvalue weighted by Crippen LogP contribution is 2.22. The van der Waals surface area contributed by atoms with Gasteiger partial charge in [0.25, 0.3) is 0 Å². The summed E-state index contributed by atoms with van der Waals surface area (Å²) in [6.07, 6.45) is 3.51. The number of aromatic nitrogens is 1. The lowest BCUT2D eigenvalue weighted by molar-refractivity contribution is -0.134. The average Bonchev–Trinajstić information content (AvgIpc) is 3.09. The molecule has 1 fully saturated rings. The van der Waals surface area contributed by atoms with Crippen LogP contribution in [0.1, 0.15) is 25.2 Å². The fourth-order valence-electron chi connectivity index (χ4n) is 2.96. The molecule has 0 atom stereocenters. The zero-order valence-electron chi connectivity index (χ0n) is 13.8. The minimum Gasteiger partial charge on any atom is -0.441 e. The average molecular weight is 345 g/mol.